The molecule has 2 rings (SSSR count). The summed E-state index contributed by atoms with van der Waals surface area (Å²) >= 11 is 9.58. The van der Waals surface area contributed by atoms with Gasteiger partial charge >= 0.3 is 0 Å². The van der Waals surface area contributed by atoms with Crippen LogP contribution in [-0.4, -0.2) is 23.9 Å². The fourth-order valence-corrected chi connectivity index (χ4v) is 3.24. The number of rotatable bonds is 2. The lowest BCUT2D eigenvalue weighted by Gasteiger charge is -2.27. The van der Waals surface area contributed by atoms with E-state index in [0.717, 1.165) is 17.3 Å². The molecule has 1 fully saturated rings. The van der Waals surface area contributed by atoms with Crippen molar-refractivity contribution in [3.63, 3.8) is 0 Å². The predicted octanol–water partition coefficient (Wildman–Crippen LogP) is 4.90. The Bertz CT molecular complexity index is 455. The van der Waals surface area contributed by atoms with Crippen molar-refractivity contribution in [3.8, 4) is 0 Å². The van der Waals surface area contributed by atoms with Crippen LogP contribution in [0.15, 0.2) is 22.7 Å². The average molecular weight is 345 g/mol. The SMILES string of the molecule is CN(C(=O)c1cccc(Br)c1Cl)C1CCCCCC1. The Morgan fingerprint density at radius 1 is 1.26 bits per heavy atom. The summed E-state index contributed by atoms with van der Waals surface area (Å²) in [4.78, 5) is 14.4. The van der Waals surface area contributed by atoms with Crippen LogP contribution in [0.4, 0.5) is 0 Å². The largest absolute Gasteiger partial charge is 0.339 e. The number of hydrogen-bond donors (Lipinski definition) is 0. The molecule has 1 aromatic rings. The van der Waals surface area contributed by atoms with Crippen molar-refractivity contribution in [2.45, 2.75) is 44.6 Å². The number of carbonyl (C=O) groups is 1. The summed E-state index contributed by atoms with van der Waals surface area (Å²) in [5, 5.41) is 0.507. The van der Waals surface area contributed by atoms with Crippen LogP contribution in [0.2, 0.25) is 5.02 Å². The van der Waals surface area contributed by atoms with Crippen LogP contribution in [0.25, 0.3) is 0 Å². The van der Waals surface area contributed by atoms with Gasteiger partial charge in [0.05, 0.1) is 10.6 Å². The van der Waals surface area contributed by atoms with Crippen molar-refractivity contribution in [2.75, 3.05) is 7.05 Å². The molecule has 1 amide bonds. The number of hydrogen-bond acceptors (Lipinski definition) is 1. The lowest BCUT2D eigenvalue weighted by Crippen LogP contribution is -2.36. The van der Waals surface area contributed by atoms with Gasteiger partial charge in [0.15, 0.2) is 0 Å². The maximum atomic E-state index is 12.5. The van der Waals surface area contributed by atoms with Gasteiger partial charge in [-0.25, -0.2) is 0 Å². The molecule has 0 atom stereocenters. The monoisotopic (exact) mass is 343 g/mol. The molecule has 0 spiro atoms. The Hall–Kier alpha value is -0.540. The van der Waals surface area contributed by atoms with E-state index < -0.39 is 0 Å². The third-order valence-electron chi connectivity index (χ3n) is 3.87. The fraction of sp³-hybridized carbons (Fsp3) is 0.533. The molecular formula is C15H19BrClNO. The summed E-state index contributed by atoms with van der Waals surface area (Å²) in [7, 11) is 1.90. The quantitative estimate of drug-likeness (QED) is 0.699. The second-order valence-electron chi connectivity index (χ2n) is 5.16. The van der Waals surface area contributed by atoms with E-state index in [1.165, 1.54) is 25.7 Å². The minimum absolute atomic E-state index is 0.0261. The van der Waals surface area contributed by atoms with Gasteiger partial charge in [0, 0.05) is 17.6 Å². The maximum Gasteiger partial charge on any atom is 0.255 e. The highest BCUT2D eigenvalue weighted by molar-refractivity contribution is 9.10. The van der Waals surface area contributed by atoms with Crippen molar-refractivity contribution < 1.29 is 4.79 Å². The first-order valence-electron chi connectivity index (χ1n) is 6.82. The molecule has 0 aliphatic heterocycles. The second-order valence-corrected chi connectivity index (χ2v) is 6.40. The first-order valence-corrected chi connectivity index (χ1v) is 7.99. The summed E-state index contributed by atoms with van der Waals surface area (Å²) in [6, 6.07) is 5.85. The lowest BCUT2D eigenvalue weighted by atomic mass is 10.1. The smallest absolute Gasteiger partial charge is 0.255 e. The van der Waals surface area contributed by atoms with Gasteiger partial charge in [-0.2, -0.15) is 0 Å². The van der Waals surface area contributed by atoms with Crippen molar-refractivity contribution >= 4 is 33.4 Å². The summed E-state index contributed by atoms with van der Waals surface area (Å²) in [5.41, 5.74) is 0.586. The summed E-state index contributed by atoms with van der Waals surface area (Å²) in [5.74, 6) is 0.0261. The van der Waals surface area contributed by atoms with Gasteiger partial charge in [0.2, 0.25) is 0 Å². The molecule has 0 unspecified atom stereocenters. The van der Waals surface area contributed by atoms with E-state index in [2.05, 4.69) is 15.9 Å². The van der Waals surface area contributed by atoms with Crippen molar-refractivity contribution in [2.24, 2.45) is 0 Å². The zero-order valence-electron chi connectivity index (χ0n) is 11.2. The topological polar surface area (TPSA) is 20.3 Å². The van der Waals surface area contributed by atoms with Gasteiger partial charge in [0.1, 0.15) is 0 Å². The summed E-state index contributed by atoms with van der Waals surface area (Å²) in [6.45, 7) is 0. The second kappa shape index (κ2) is 6.76. The number of halogens is 2. The van der Waals surface area contributed by atoms with E-state index in [4.69, 9.17) is 11.6 Å². The normalized spacial score (nSPS) is 17.0. The number of nitrogens with zero attached hydrogens (tertiary/aromatic N) is 1. The lowest BCUT2D eigenvalue weighted by molar-refractivity contribution is 0.0718. The standard InChI is InChI=1S/C15H19BrClNO/c1-18(11-7-4-2-3-5-8-11)15(19)12-9-6-10-13(16)14(12)17/h6,9-11H,2-5,7-8H2,1H3. The molecule has 1 saturated carbocycles. The molecule has 1 aliphatic rings. The molecule has 0 N–H and O–H groups in total. The molecule has 2 nitrogen and oxygen atoms in total. The first kappa shape index (κ1) is 14.9. The van der Waals surface area contributed by atoms with E-state index in [-0.39, 0.29) is 5.91 Å². The third kappa shape index (κ3) is 3.51. The van der Waals surface area contributed by atoms with Gasteiger partial charge in [-0.3, -0.25) is 4.79 Å². The molecule has 0 aromatic heterocycles. The van der Waals surface area contributed by atoms with Crippen LogP contribution in [0.5, 0.6) is 0 Å². The summed E-state index contributed by atoms with van der Waals surface area (Å²) in [6.07, 6.45) is 7.22. The van der Waals surface area contributed by atoms with E-state index in [1.807, 2.05) is 24.1 Å². The molecule has 0 radical (unpaired) electrons. The highest BCUT2D eigenvalue weighted by Crippen LogP contribution is 2.28. The predicted molar refractivity (Wildman–Crippen MR) is 82.7 cm³/mol. The zero-order chi connectivity index (χ0) is 13.8. The molecule has 0 heterocycles. The Balaban J connectivity index is 2.15. The van der Waals surface area contributed by atoms with E-state index in [9.17, 15) is 4.79 Å². The molecular weight excluding hydrogens is 326 g/mol. The third-order valence-corrected chi connectivity index (χ3v) is 5.17. The molecule has 0 saturated heterocycles. The Labute approximate surface area is 128 Å². The van der Waals surface area contributed by atoms with Gasteiger partial charge in [-0.1, -0.05) is 43.4 Å². The molecule has 1 aliphatic carbocycles. The molecule has 104 valence electrons. The van der Waals surface area contributed by atoms with E-state index in [1.54, 1.807) is 6.07 Å². The van der Waals surface area contributed by atoms with E-state index >= 15 is 0 Å². The van der Waals surface area contributed by atoms with Crippen molar-refractivity contribution in [1.82, 2.24) is 4.90 Å². The highest BCUT2D eigenvalue weighted by atomic mass is 79.9. The zero-order valence-corrected chi connectivity index (χ0v) is 13.5. The Morgan fingerprint density at radius 2 is 1.89 bits per heavy atom. The first-order chi connectivity index (χ1) is 9.11. The minimum atomic E-state index is 0.0261. The molecule has 0 bridgehead atoms. The van der Waals surface area contributed by atoms with Crippen LogP contribution in [-0.2, 0) is 0 Å². The van der Waals surface area contributed by atoms with Crippen LogP contribution in [0, 0.1) is 0 Å². The number of carbonyl (C=O) groups excluding carboxylic acids is 1. The number of amides is 1. The fourth-order valence-electron chi connectivity index (χ4n) is 2.67. The van der Waals surface area contributed by atoms with Crippen LogP contribution in [0.1, 0.15) is 48.9 Å². The van der Waals surface area contributed by atoms with Gasteiger partial charge in [0.25, 0.3) is 5.91 Å². The Morgan fingerprint density at radius 3 is 2.53 bits per heavy atom. The van der Waals surface area contributed by atoms with Gasteiger partial charge in [-0.15, -0.1) is 0 Å². The summed E-state index contributed by atoms with van der Waals surface area (Å²) < 4.78 is 0.772. The molecule has 4 heteroatoms. The average Bonchev–Trinajstić information content (AvgIpc) is 2.69. The van der Waals surface area contributed by atoms with Gasteiger partial charge in [-0.05, 0) is 40.9 Å². The molecule has 1 aromatic carbocycles. The van der Waals surface area contributed by atoms with Crippen molar-refractivity contribution in [3.05, 3.63) is 33.3 Å². The number of benzene rings is 1. The van der Waals surface area contributed by atoms with Gasteiger partial charge < -0.3 is 4.90 Å². The Kier molecular flexibility index (Phi) is 5.28. The maximum absolute atomic E-state index is 12.5. The highest BCUT2D eigenvalue weighted by Gasteiger charge is 2.24. The van der Waals surface area contributed by atoms with Crippen molar-refractivity contribution in [1.29, 1.82) is 0 Å². The van der Waals surface area contributed by atoms with Crippen LogP contribution >= 0.6 is 27.5 Å². The minimum Gasteiger partial charge on any atom is -0.339 e. The van der Waals surface area contributed by atoms with Crippen LogP contribution in [0.3, 0.4) is 0 Å². The van der Waals surface area contributed by atoms with Crippen LogP contribution < -0.4 is 0 Å². The van der Waals surface area contributed by atoms with E-state index in [0.29, 0.717) is 16.6 Å². The molecule has 19 heavy (non-hydrogen) atoms.